The van der Waals surface area contributed by atoms with E-state index in [1.807, 2.05) is 24.3 Å². The molecular weight excluding hydrogens is 318 g/mol. The van der Waals surface area contributed by atoms with Crippen LogP contribution in [0.5, 0.6) is 11.5 Å². The van der Waals surface area contributed by atoms with Crippen LogP contribution < -0.4 is 20.1 Å². The number of nitrogens with one attached hydrogen (secondary N) is 2. The van der Waals surface area contributed by atoms with E-state index in [9.17, 15) is 0 Å². The lowest BCUT2D eigenvalue weighted by Crippen LogP contribution is -2.24. The van der Waals surface area contributed by atoms with Gasteiger partial charge in [-0.2, -0.15) is 10.1 Å². The summed E-state index contributed by atoms with van der Waals surface area (Å²) < 4.78 is 10.8. The third kappa shape index (κ3) is 5.48. The highest BCUT2D eigenvalue weighted by Crippen LogP contribution is 2.20. The number of rotatable bonds is 8. The first kappa shape index (κ1) is 17.3. The summed E-state index contributed by atoms with van der Waals surface area (Å²) in [5, 5.41) is 14.7. The number of anilines is 2. The number of hydrogen-bond donors (Lipinski definition) is 2. The van der Waals surface area contributed by atoms with Gasteiger partial charge in [0.05, 0.1) is 19.9 Å². The first-order valence-corrected chi connectivity index (χ1v) is 8.80. The van der Waals surface area contributed by atoms with Crippen LogP contribution in [0, 0.1) is 0 Å². The van der Waals surface area contributed by atoms with Crippen LogP contribution in [0.15, 0.2) is 30.5 Å². The molecule has 0 aliphatic heterocycles. The van der Waals surface area contributed by atoms with Gasteiger partial charge in [0, 0.05) is 6.04 Å². The monoisotopic (exact) mass is 343 g/mol. The molecular formula is C18H25N5O2. The van der Waals surface area contributed by atoms with Crippen molar-refractivity contribution in [2.24, 2.45) is 0 Å². The fourth-order valence-corrected chi connectivity index (χ4v) is 2.90. The van der Waals surface area contributed by atoms with Gasteiger partial charge in [0.1, 0.15) is 18.1 Å². The third-order valence-corrected chi connectivity index (χ3v) is 4.23. The van der Waals surface area contributed by atoms with Gasteiger partial charge in [-0.25, -0.2) is 0 Å². The summed E-state index contributed by atoms with van der Waals surface area (Å²) in [6, 6.07) is 7.99. The van der Waals surface area contributed by atoms with Crippen LogP contribution in [0.4, 0.5) is 11.8 Å². The number of benzene rings is 1. The van der Waals surface area contributed by atoms with Gasteiger partial charge in [-0.15, -0.1) is 5.10 Å². The SMILES string of the molecule is COc1ccc(OCCNc2cnnc(NC3CCCCC3)n2)cc1. The molecule has 1 saturated carbocycles. The Kier molecular flexibility index (Phi) is 6.25. The smallest absolute Gasteiger partial charge is 0.244 e. The zero-order valence-electron chi connectivity index (χ0n) is 14.6. The Hall–Kier alpha value is -2.57. The molecule has 1 heterocycles. The lowest BCUT2D eigenvalue weighted by molar-refractivity contribution is 0.331. The lowest BCUT2D eigenvalue weighted by Gasteiger charge is -2.22. The van der Waals surface area contributed by atoms with Gasteiger partial charge in [-0.1, -0.05) is 19.3 Å². The van der Waals surface area contributed by atoms with E-state index in [1.165, 1.54) is 32.1 Å². The molecule has 0 amide bonds. The Morgan fingerprint density at radius 1 is 1.08 bits per heavy atom. The molecule has 0 bridgehead atoms. The number of ether oxygens (including phenoxy) is 2. The molecule has 1 aliphatic rings. The van der Waals surface area contributed by atoms with E-state index in [-0.39, 0.29) is 0 Å². The van der Waals surface area contributed by atoms with Gasteiger partial charge in [-0.05, 0) is 37.1 Å². The molecule has 1 fully saturated rings. The normalized spacial score (nSPS) is 14.8. The predicted molar refractivity (Wildman–Crippen MR) is 97.3 cm³/mol. The number of methoxy groups -OCH3 is 1. The van der Waals surface area contributed by atoms with Crippen molar-refractivity contribution in [2.75, 3.05) is 30.9 Å². The summed E-state index contributed by atoms with van der Waals surface area (Å²) in [6.07, 6.45) is 7.84. The van der Waals surface area contributed by atoms with Gasteiger partial charge < -0.3 is 20.1 Å². The minimum atomic E-state index is 0.462. The zero-order valence-corrected chi connectivity index (χ0v) is 14.6. The summed E-state index contributed by atoms with van der Waals surface area (Å²) in [5.74, 6) is 2.92. The molecule has 0 atom stereocenters. The Bertz CT molecular complexity index is 644. The van der Waals surface area contributed by atoms with E-state index in [4.69, 9.17) is 9.47 Å². The summed E-state index contributed by atoms with van der Waals surface area (Å²) in [6.45, 7) is 1.16. The number of aromatic nitrogens is 3. The van der Waals surface area contributed by atoms with E-state index in [1.54, 1.807) is 13.3 Å². The fraction of sp³-hybridized carbons (Fsp3) is 0.500. The van der Waals surface area contributed by atoms with Crippen LogP contribution in [0.3, 0.4) is 0 Å². The standard InChI is InChI=1S/C18H25N5O2/c1-24-15-7-9-16(10-8-15)25-12-11-19-17-13-20-23-18(22-17)21-14-5-3-2-4-6-14/h7-10,13-14H,2-6,11-12H2,1H3,(H2,19,21,22,23). The molecule has 0 unspecified atom stereocenters. The van der Waals surface area contributed by atoms with Crippen molar-refractivity contribution in [3.8, 4) is 11.5 Å². The molecule has 1 aromatic heterocycles. The van der Waals surface area contributed by atoms with Crippen molar-refractivity contribution in [2.45, 2.75) is 38.1 Å². The molecule has 2 aromatic rings. The van der Waals surface area contributed by atoms with Crippen LogP contribution in [0.2, 0.25) is 0 Å². The first-order chi connectivity index (χ1) is 12.3. The highest BCUT2D eigenvalue weighted by Gasteiger charge is 2.14. The molecule has 1 aliphatic carbocycles. The third-order valence-electron chi connectivity index (χ3n) is 4.23. The predicted octanol–water partition coefficient (Wildman–Crippen LogP) is 3.12. The van der Waals surface area contributed by atoms with Gasteiger partial charge in [0.2, 0.25) is 5.95 Å². The Morgan fingerprint density at radius 3 is 2.60 bits per heavy atom. The van der Waals surface area contributed by atoms with E-state index in [0.29, 0.717) is 31.0 Å². The Morgan fingerprint density at radius 2 is 1.84 bits per heavy atom. The summed E-state index contributed by atoms with van der Waals surface area (Å²) in [7, 11) is 1.65. The van der Waals surface area contributed by atoms with Crippen LogP contribution in [0.1, 0.15) is 32.1 Å². The van der Waals surface area contributed by atoms with Crippen LogP contribution in [-0.4, -0.2) is 41.5 Å². The van der Waals surface area contributed by atoms with Crippen molar-refractivity contribution in [3.05, 3.63) is 30.5 Å². The van der Waals surface area contributed by atoms with Gasteiger partial charge in [0.15, 0.2) is 5.82 Å². The van der Waals surface area contributed by atoms with Crippen LogP contribution in [-0.2, 0) is 0 Å². The molecule has 25 heavy (non-hydrogen) atoms. The maximum Gasteiger partial charge on any atom is 0.244 e. The average Bonchev–Trinajstić information content (AvgIpc) is 2.67. The van der Waals surface area contributed by atoms with Gasteiger partial charge in [0.25, 0.3) is 0 Å². The zero-order chi connectivity index (χ0) is 17.3. The van der Waals surface area contributed by atoms with E-state index < -0.39 is 0 Å². The van der Waals surface area contributed by atoms with Crippen molar-refractivity contribution in [1.82, 2.24) is 15.2 Å². The summed E-state index contributed by atoms with van der Waals surface area (Å²) in [5.41, 5.74) is 0. The second-order valence-corrected chi connectivity index (χ2v) is 6.10. The van der Waals surface area contributed by atoms with E-state index in [0.717, 1.165) is 11.5 Å². The molecule has 3 rings (SSSR count). The minimum Gasteiger partial charge on any atom is -0.497 e. The molecule has 0 spiro atoms. The minimum absolute atomic E-state index is 0.462. The van der Waals surface area contributed by atoms with Crippen LogP contribution >= 0.6 is 0 Å². The molecule has 7 heteroatoms. The molecule has 0 saturated heterocycles. The van der Waals surface area contributed by atoms with Crippen molar-refractivity contribution >= 4 is 11.8 Å². The van der Waals surface area contributed by atoms with Crippen LogP contribution in [0.25, 0.3) is 0 Å². The summed E-state index contributed by atoms with van der Waals surface area (Å²) >= 11 is 0. The maximum atomic E-state index is 5.68. The molecule has 2 N–H and O–H groups in total. The maximum absolute atomic E-state index is 5.68. The van der Waals surface area contributed by atoms with Crippen molar-refractivity contribution in [1.29, 1.82) is 0 Å². The summed E-state index contributed by atoms with van der Waals surface area (Å²) in [4.78, 5) is 4.47. The van der Waals surface area contributed by atoms with Gasteiger partial charge in [-0.3, -0.25) is 0 Å². The van der Waals surface area contributed by atoms with E-state index >= 15 is 0 Å². The first-order valence-electron chi connectivity index (χ1n) is 8.80. The highest BCUT2D eigenvalue weighted by atomic mass is 16.5. The molecule has 7 nitrogen and oxygen atoms in total. The molecule has 134 valence electrons. The Labute approximate surface area is 148 Å². The van der Waals surface area contributed by atoms with E-state index in [2.05, 4.69) is 25.8 Å². The highest BCUT2D eigenvalue weighted by molar-refractivity contribution is 5.37. The fourth-order valence-electron chi connectivity index (χ4n) is 2.90. The largest absolute Gasteiger partial charge is 0.497 e. The number of hydrogen-bond acceptors (Lipinski definition) is 7. The molecule has 0 radical (unpaired) electrons. The quantitative estimate of drug-likeness (QED) is 0.713. The lowest BCUT2D eigenvalue weighted by atomic mass is 9.96. The topological polar surface area (TPSA) is 81.2 Å². The number of nitrogens with zero attached hydrogens (tertiary/aromatic N) is 3. The van der Waals surface area contributed by atoms with Crippen molar-refractivity contribution < 1.29 is 9.47 Å². The Balaban J connectivity index is 1.42. The van der Waals surface area contributed by atoms with Gasteiger partial charge >= 0.3 is 0 Å². The second-order valence-electron chi connectivity index (χ2n) is 6.10. The second kappa shape index (κ2) is 9.05. The molecule has 1 aromatic carbocycles. The van der Waals surface area contributed by atoms with Crippen molar-refractivity contribution in [3.63, 3.8) is 0 Å². The average molecular weight is 343 g/mol.